The van der Waals surface area contributed by atoms with Gasteiger partial charge in [0, 0.05) is 11.8 Å². The van der Waals surface area contributed by atoms with Gasteiger partial charge >= 0.3 is 6.03 Å². The maximum absolute atomic E-state index is 11.8. The van der Waals surface area contributed by atoms with Crippen molar-refractivity contribution in [1.82, 2.24) is 5.16 Å². The lowest BCUT2D eigenvalue weighted by atomic mass is 10.1. The number of anilines is 2. The first-order chi connectivity index (χ1) is 10.7. The largest absolute Gasteiger partial charge is 0.360 e. The van der Waals surface area contributed by atoms with Gasteiger partial charge in [-0.25, -0.2) is 4.79 Å². The van der Waals surface area contributed by atoms with E-state index in [1.807, 2.05) is 54.6 Å². The number of nitrogens with one attached hydrogen (secondary N) is 2. The number of carbonyl (C=O) groups excluding carboxylic acids is 1. The number of urea groups is 1. The fourth-order valence-electron chi connectivity index (χ4n) is 2.08. The number of hydrogen-bond acceptors (Lipinski definition) is 3. The molecular weight excluding hydrogens is 278 g/mol. The lowest BCUT2D eigenvalue weighted by molar-refractivity contribution is 0.262. The third kappa shape index (κ3) is 3.32. The first-order valence-electron chi connectivity index (χ1n) is 6.87. The molecule has 0 saturated heterocycles. The Kier molecular flexibility index (Phi) is 3.87. The summed E-state index contributed by atoms with van der Waals surface area (Å²) in [6.07, 6.45) is 0. The van der Waals surface area contributed by atoms with E-state index in [2.05, 4.69) is 15.8 Å². The summed E-state index contributed by atoms with van der Waals surface area (Å²) >= 11 is 0. The molecule has 5 heteroatoms. The van der Waals surface area contributed by atoms with Gasteiger partial charge < -0.3 is 9.84 Å². The van der Waals surface area contributed by atoms with E-state index < -0.39 is 0 Å². The van der Waals surface area contributed by atoms with Crippen LogP contribution in [0.2, 0.25) is 0 Å². The Morgan fingerprint density at radius 3 is 2.27 bits per heavy atom. The first-order valence-corrected chi connectivity index (χ1v) is 6.87. The molecule has 0 fully saturated rings. The minimum atomic E-state index is -0.360. The molecule has 0 unspecified atom stereocenters. The third-order valence-corrected chi connectivity index (χ3v) is 3.12. The van der Waals surface area contributed by atoms with Crippen molar-refractivity contribution < 1.29 is 9.32 Å². The van der Waals surface area contributed by atoms with E-state index in [4.69, 9.17) is 4.52 Å². The van der Waals surface area contributed by atoms with Crippen LogP contribution in [0, 0.1) is 6.92 Å². The van der Waals surface area contributed by atoms with Gasteiger partial charge in [-0.2, -0.15) is 0 Å². The number of aromatic nitrogens is 1. The maximum Gasteiger partial charge on any atom is 0.324 e. The summed E-state index contributed by atoms with van der Waals surface area (Å²) in [5.74, 6) is 1.03. The van der Waals surface area contributed by atoms with Crippen LogP contribution in [0.5, 0.6) is 0 Å². The average molecular weight is 293 g/mol. The Morgan fingerprint density at radius 1 is 0.955 bits per heavy atom. The average Bonchev–Trinajstić information content (AvgIpc) is 2.94. The molecule has 5 nitrogen and oxygen atoms in total. The van der Waals surface area contributed by atoms with Crippen LogP contribution in [0.3, 0.4) is 0 Å². The first kappa shape index (κ1) is 13.9. The van der Waals surface area contributed by atoms with Crippen LogP contribution in [0.1, 0.15) is 5.76 Å². The molecule has 2 N–H and O–H groups in total. The summed E-state index contributed by atoms with van der Waals surface area (Å²) in [5.41, 5.74) is 2.94. The van der Waals surface area contributed by atoms with Gasteiger partial charge in [-0.3, -0.25) is 5.32 Å². The molecule has 0 spiro atoms. The van der Waals surface area contributed by atoms with Crippen LogP contribution < -0.4 is 10.6 Å². The van der Waals surface area contributed by atoms with Gasteiger partial charge in [0.1, 0.15) is 5.76 Å². The minimum absolute atomic E-state index is 0.360. The van der Waals surface area contributed by atoms with E-state index in [0.29, 0.717) is 17.3 Å². The summed E-state index contributed by atoms with van der Waals surface area (Å²) in [5, 5.41) is 9.05. The summed E-state index contributed by atoms with van der Waals surface area (Å²) in [6, 6.07) is 19.0. The van der Waals surface area contributed by atoms with Crippen molar-refractivity contribution >= 4 is 17.5 Å². The van der Waals surface area contributed by atoms with Gasteiger partial charge in [0.25, 0.3) is 0 Å². The molecule has 0 bridgehead atoms. The van der Waals surface area contributed by atoms with E-state index in [9.17, 15) is 4.79 Å². The van der Waals surface area contributed by atoms with Crippen molar-refractivity contribution in [3.8, 4) is 11.1 Å². The predicted octanol–water partition coefficient (Wildman–Crippen LogP) is 4.29. The van der Waals surface area contributed by atoms with Crippen molar-refractivity contribution in [1.29, 1.82) is 0 Å². The summed E-state index contributed by atoms with van der Waals surface area (Å²) in [4.78, 5) is 11.8. The van der Waals surface area contributed by atoms with E-state index in [1.54, 1.807) is 13.0 Å². The van der Waals surface area contributed by atoms with Gasteiger partial charge in [0.05, 0.1) is 0 Å². The number of rotatable bonds is 3. The minimum Gasteiger partial charge on any atom is -0.360 e. The Labute approximate surface area is 128 Å². The van der Waals surface area contributed by atoms with Crippen molar-refractivity contribution in [3.05, 3.63) is 66.4 Å². The van der Waals surface area contributed by atoms with Crippen LogP contribution in [0.4, 0.5) is 16.3 Å². The summed E-state index contributed by atoms with van der Waals surface area (Å²) < 4.78 is 4.89. The topological polar surface area (TPSA) is 67.2 Å². The quantitative estimate of drug-likeness (QED) is 0.756. The highest BCUT2D eigenvalue weighted by atomic mass is 16.5. The number of aryl methyl sites for hydroxylation is 1. The molecule has 2 aromatic carbocycles. The molecule has 22 heavy (non-hydrogen) atoms. The van der Waals surface area contributed by atoms with Gasteiger partial charge in [-0.15, -0.1) is 0 Å². The van der Waals surface area contributed by atoms with Crippen molar-refractivity contribution in [2.45, 2.75) is 6.92 Å². The van der Waals surface area contributed by atoms with E-state index in [-0.39, 0.29) is 6.03 Å². The highest BCUT2D eigenvalue weighted by Crippen LogP contribution is 2.21. The molecule has 2 amide bonds. The second-order valence-corrected chi connectivity index (χ2v) is 4.85. The lowest BCUT2D eigenvalue weighted by Crippen LogP contribution is -2.19. The van der Waals surface area contributed by atoms with Crippen LogP contribution in [-0.4, -0.2) is 11.2 Å². The van der Waals surface area contributed by atoms with Crippen LogP contribution in [-0.2, 0) is 0 Å². The van der Waals surface area contributed by atoms with Crippen molar-refractivity contribution in [3.63, 3.8) is 0 Å². The fourth-order valence-corrected chi connectivity index (χ4v) is 2.08. The monoisotopic (exact) mass is 293 g/mol. The van der Waals surface area contributed by atoms with Gasteiger partial charge in [0.15, 0.2) is 5.82 Å². The molecule has 3 aromatic rings. The second-order valence-electron chi connectivity index (χ2n) is 4.85. The van der Waals surface area contributed by atoms with Crippen LogP contribution >= 0.6 is 0 Å². The predicted molar refractivity (Wildman–Crippen MR) is 85.8 cm³/mol. The molecule has 3 rings (SSSR count). The summed E-state index contributed by atoms with van der Waals surface area (Å²) in [7, 11) is 0. The SMILES string of the molecule is Cc1cc(NC(=O)Nc2ccc(-c3ccccc3)cc2)no1. The van der Waals surface area contributed by atoms with Gasteiger partial charge in [0.2, 0.25) is 0 Å². The fraction of sp³-hybridized carbons (Fsp3) is 0.0588. The highest BCUT2D eigenvalue weighted by Gasteiger charge is 2.06. The number of benzene rings is 2. The Morgan fingerprint density at radius 2 is 1.64 bits per heavy atom. The van der Waals surface area contributed by atoms with Gasteiger partial charge in [-0.1, -0.05) is 47.6 Å². The number of nitrogens with zero attached hydrogens (tertiary/aromatic N) is 1. The van der Waals surface area contributed by atoms with Crippen LogP contribution in [0.15, 0.2) is 65.2 Å². The van der Waals surface area contributed by atoms with E-state index >= 15 is 0 Å². The Bertz CT molecular complexity index is 764. The number of carbonyl (C=O) groups is 1. The Hall–Kier alpha value is -3.08. The lowest BCUT2D eigenvalue weighted by Gasteiger charge is -2.06. The molecule has 110 valence electrons. The molecule has 0 aliphatic heterocycles. The molecule has 0 saturated carbocycles. The van der Waals surface area contributed by atoms with E-state index in [0.717, 1.165) is 11.1 Å². The summed E-state index contributed by atoms with van der Waals surface area (Å²) in [6.45, 7) is 1.76. The molecule has 1 aromatic heterocycles. The van der Waals surface area contributed by atoms with Crippen molar-refractivity contribution in [2.24, 2.45) is 0 Å². The molecule has 1 heterocycles. The zero-order valence-electron chi connectivity index (χ0n) is 12.0. The highest BCUT2D eigenvalue weighted by molar-refractivity contribution is 5.99. The zero-order valence-corrected chi connectivity index (χ0v) is 12.0. The smallest absolute Gasteiger partial charge is 0.324 e. The van der Waals surface area contributed by atoms with Gasteiger partial charge in [-0.05, 0) is 30.2 Å². The molecule has 0 radical (unpaired) electrons. The number of hydrogen-bond donors (Lipinski definition) is 2. The molecular formula is C17H15N3O2. The molecule has 0 aliphatic carbocycles. The standard InChI is InChI=1S/C17H15N3O2/c1-12-11-16(20-22-12)19-17(21)18-15-9-7-14(8-10-15)13-5-3-2-4-6-13/h2-11H,1H3,(H2,18,19,20,21). The van der Waals surface area contributed by atoms with E-state index in [1.165, 1.54) is 0 Å². The maximum atomic E-state index is 11.8. The zero-order chi connectivity index (χ0) is 15.4. The second kappa shape index (κ2) is 6.13. The number of amides is 2. The Balaban J connectivity index is 1.65. The van der Waals surface area contributed by atoms with Crippen molar-refractivity contribution in [2.75, 3.05) is 10.6 Å². The van der Waals surface area contributed by atoms with Crippen LogP contribution in [0.25, 0.3) is 11.1 Å². The molecule has 0 aliphatic rings. The normalized spacial score (nSPS) is 10.2. The third-order valence-electron chi connectivity index (χ3n) is 3.12. The molecule has 0 atom stereocenters.